The van der Waals surface area contributed by atoms with E-state index >= 15 is 0 Å². The van der Waals surface area contributed by atoms with Crippen molar-refractivity contribution in [3.05, 3.63) is 0 Å². The molecule has 116 valence electrons. The minimum atomic E-state index is -0.765. The van der Waals surface area contributed by atoms with Crippen LogP contribution in [0.5, 0.6) is 0 Å². The molecule has 0 aromatic rings. The molecule has 0 bridgehead atoms. The first-order valence-corrected chi connectivity index (χ1v) is 7.71. The standard InChI is InChI=1S/C15H27NO4/c1-3-13-12(5-4-10-20-13)14(17)16-8-6-15(18,7-9-16)11-19-2/h12-13,18H,3-11H2,1-2H3. The van der Waals surface area contributed by atoms with Crippen molar-refractivity contribution < 1.29 is 19.4 Å². The molecular formula is C15H27NO4. The lowest BCUT2D eigenvalue weighted by atomic mass is 9.88. The molecule has 0 spiro atoms. The average molecular weight is 285 g/mol. The summed E-state index contributed by atoms with van der Waals surface area (Å²) in [5.41, 5.74) is -0.765. The second-order valence-corrected chi connectivity index (χ2v) is 6.05. The summed E-state index contributed by atoms with van der Waals surface area (Å²) >= 11 is 0. The number of ether oxygens (including phenoxy) is 2. The molecule has 1 N–H and O–H groups in total. The SMILES string of the molecule is CCC1OCCCC1C(=O)N1CCC(O)(COC)CC1. The second kappa shape index (κ2) is 6.87. The lowest BCUT2D eigenvalue weighted by molar-refractivity contribution is -0.150. The highest BCUT2D eigenvalue weighted by molar-refractivity contribution is 5.79. The summed E-state index contributed by atoms with van der Waals surface area (Å²) in [6.07, 6.45) is 4.03. The number of rotatable bonds is 4. The number of piperidine rings is 1. The average Bonchev–Trinajstić information content (AvgIpc) is 2.47. The van der Waals surface area contributed by atoms with Crippen LogP contribution in [0.25, 0.3) is 0 Å². The normalized spacial score (nSPS) is 30.2. The fraction of sp³-hybridized carbons (Fsp3) is 0.933. The maximum absolute atomic E-state index is 12.6. The molecule has 0 saturated carbocycles. The van der Waals surface area contributed by atoms with Crippen LogP contribution in [0, 0.1) is 5.92 Å². The molecule has 0 aromatic heterocycles. The third-order valence-corrected chi connectivity index (χ3v) is 4.58. The molecule has 5 heteroatoms. The maximum Gasteiger partial charge on any atom is 0.228 e. The lowest BCUT2D eigenvalue weighted by Gasteiger charge is -2.40. The fourth-order valence-corrected chi connectivity index (χ4v) is 3.32. The van der Waals surface area contributed by atoms with Crippen LogP contribution in [0.3, 0.4) is 0 Å². The molecule has 1 amide bonds. The molecule has 2 atom stereocenters. The molecule has 2 heterocycles. The molecule has 2 aliphatic rings. The number of carbonyl (C=O) groups excluding carboxylic acids is 1. The van der Waals surface area contributed by atoms with Gasteiger partial charge in [-0.15, -0.1) is 0 Å². The van der Waals surface area contributed by atoms with Gasteiger partial charge >= 0.3 is 0 Å². The first-order valence-electron chi connectivity index (χ1n) is 7.71. The molecule has 2 aliphatic heterocycles. The Kier molecular flexibility index (Phi) is 5.41. The van der Waals surface area contributed by atoms with Gasteiger partial charge in [0, 0.05) is 26.8 Å². The van der Waals surface area contributed by atoms with Gasteiger partial charge in [-0.25, -0.2) is 0 Å². The van der Waals surface area contributed by atoms with Crippen LogP contribution >= 0.6 is 0 Å². The number of hydrogen-bond donors (Lipinski definition) is 1. The lowest BCUT2D eigenvalue weighted by Crippen LogP contribution is -2.52. The van der Waals surface area contributed by atoms with Crippen molar-refractivity contribution in [1.82, 2.24) is 4.90 Å². The van der Waals surface area contributed by atoms with Crippen molar-refractivity contribution in [1.29, 1.82) is 0 Å². The van der Waals surface area contributed by atoms with E-state index in [2.05, 4.69) is 6.92 Å². The Labute approximate surface area is 121 Å². The highest BCUT2D eigenvalue weighted by Gasteiger charge is 2.38. The Morgan fingerprint density at radius 2 is 2.15 bits per heavy atom. The van der Waals surface area contributed by atoms with Crippen molar-refractivity contribution in [2.24, 2.45) is 5.92 Å². The summed E-state index contributed by atoms with van der Waals surface area (Å²) in [6.45, 7) is 4.43. The van der Waals surface area contributed by atoms with Gasteiger partial charge in [-0.1, -0.05) is 6.92 Å². The summed E-state index contributed by atoms with van der Waals surface area (Å²) in [5, 5.41) is 10.3. The minimum absolute atomic E-state index is 0.00219. The molecule has 5 nitrogen and oxygen atoms in total. The number of likely N-dealkylation sites (tertiary alicyclic amines) is 1. The third kappa shape index (κ3) is 3.51. The van der Waals surface area contributed by atoms with Crippen molar-refractivity contribution in [3.63, 3.8) is 0 Å². The van der Waals surface area contributed by atoms with Gasteiger partial charge in [0.05, 0.1) is 24.2 Å². The Morgan fingerprint density at radius 1 is 1.45 bits per heavy atom. The summed E-state index contributed by atoms with van der Waals surface area (Å²) in [6, 6.07) is 0. The summed E-state index contributed by atoms with van der Waals surface area (Å²) in [7, 11) is 1.60. The highest BCUT2D eigenvalue weighted by Crippen LogP contribution is 2.28. The second-order valence-electron chi connectivity index (χ2n) is 6.05. The van der Waals surface area contributed by atoms with E-state index in [4.69, 9.17) is 9.47 Å². The Bertz CT molecular complexity index is 326. The number of nitrogens with zero attached hydrogens (tertiary/aromatic N) is 1. The van der Waals surface area contributed by atoms with E-state index in [0.717, 1.165) is 25.9 Å². The summed E-state index contributed by atoms with van der Waals surface area (Å²) < 4.78 is 10.8. The quantitative estimate of drug-likeness (QED) is 0.843. The number of hydrogen-bond acceptors (Lipinski definition) is 4. The van der Waals surface area contributed by atoms with E-state index in [-0.39, 0.29) is 17.9 Å². The van der Waals surface area contributed by atoms with Gasteiger partial charge in [-0.05, 0) is 32.1 Å². The minimum Gasteiger partial charge on any atom is -0.387 e. The molecule has 0 aliphatic carbocycles. The summed E-state index contributed by atoms with van der Waals surface area (Å²) in [5.74, 6) is 0.207. The van der Waals surface area contributed by atoms with E-state index < -0.39 is 5.60 Å². The number of amides is 1. The Balaban J connectivity index is 1.90. The van der Waals surface area contributed by atoms with Crippen molar-refractivity contribution in [2.75, 3.05) is 33.4 Å². The van der Waals surface area contributed by atoms with Crippen LogP contribution in [0.2, 0.25) is 0 Å². The predicted molar refractivity (Wildman–Crippen MR) is 75.4 cm³/mol. The van der Waals surface area contributed by atoms with Gasteiger partial charge in [0.1, 0.15) is 0 Å². The van der Waals surface area contributed by atoms with Gasteiger partial charge in [-0.2, -0.15) is 0 Å². The van der Waals surface area contributed by atoms with Crippen LogP contribution in [0.15, 0.2) is 0 Å². The molecule has 2 fully saturated rings. The number of carbonyl (C=O) groups is 1. The van der Waals surface area contributed by atoms with Crippen LogP contribution in [0.1, 0.15) is 39.0 Å². The van der Waals surface area contributed by atoms with E-state index in [1.54, 1.807) is 7.11 Å². The van der Waals surface area contributed by atoms with E-state index in [0.29, 0.717) is 32.5 Å². The van der Waals surface area contributed by atoms with Gasteiger partial charge in [-0.3, -0.25) is 4.79 Å². The smallest absolute Gasteiger partial charge is 0.228 e. The number of aliphatic hydroxyl groups is 1. The van der Waals surface area contributed by atoms with E-state index in [1.807, 2.05) is 4.90 Å². The zero-order chi connectivity index (χ0) is 14.6. The molecule has 0 radical (unpaired) electrons. The monoisotopic (exact) mass is 285 g/mol. The molecule has 0 aromatic carbocycles. The fourth-order valence-electron chi connectivity index (χ4n) is 3.32. The maximum atomic E-state index is 12.6. The number of methoxy groups -OCH3 is 1. The first kappa shape index (κ1) is 15.7. The Morgan fingerprint density at radius 3 is 2.75 bits per heavy atom. The first-order chi connectivity index (χ1) is 9.59. The zero-order valence-electron chi connectivity index (χ0n) is 12.6. The van der Waals surface area contributed by atoms with Crippen LogP contribution in [0.4, 0.5) is 0 Å². The van der Waals surface area contributed by atoms with Crippen molar-refractivity contribution >= 4 is 5.91 Å². The Hall–Kier alpha value is -0.650. The molecule has 2 rings (SSSR count). The third-order valence-electron chi connectivity index (χ3n) is 4.58. The van der Waals surface area contributed by atoms with Crippen LogP contribution in [-0.2, 0) is 14.3 Å². The predicted octanol–water partition coefficient (Wildman–Crippen LogP) is 1.19. The highest BCUT2D eigenvalue weighted by atomic mass is 16.5. The van der Waals surface area contributed by atoms with E-state index in [9.17, 15) is 9.90 Å². The van der Waals surface area contributed by atoms with Gasteiger partial charge in [0.25, 0.3) is 0 Å². The van der Waals surface area contributed by atoms with Crippen molar-refractivity contribution in [2.45, 2.75) is 50.7 Å². The summed E-state index contributed by atoms with van der Waals surface area (Å²) in [4.78, 5) is 14.5. The topological polar surface area (TPSA) is 59.0 Å². The molecule has 2 unspecified atom stereocenters. The zero-order valence-corrected chi connectivity index (χ0v) is 12.6. The molecule has 20 heavy (non-hydrogen) atoms. The van der Waals surface area contributed by atoms with Gasteiger partial charge in [0.2, 0.25) is 5.91 Å². The van der Waals surface area contributed by atoms with Gasteiger partial charge < -0.3 is 19.5 Å². The van der Waals surface area contributed by atoms with Gasteiger partial charge in [0.15, 0.2) is 0 Å². The van der Waals surface area contributed by atoms with Crippen LogP contribution < -0.4 is 0 Å². The molecule has 2 saturated heterocycles. The van der Waals surface area contributed by atoms with Crippen LogP contribution in [-0.4, -0.2) is 61.0 Å². The van der Waals surface area contributed by atoms with Crippen molar-refractivity contribution in [3.8, 4) is 0 Å². The van der Waals surface area contributed by atoms with E-state index in [1.165, 1.54) is 0 Å². The largest absolute Gasteiger partial charge is 0.387 e. The molecular weight excluding hydrogens is 258 g/mol.